The van der Waals surface area contributed by atoms with Crippen LogP contribution in [0.3, 0.4) is 0 Å². The molecular formula is C12H17NO7. The molecule has 8 nitrogen and oxygen atoms in total. The van der Waals surface area contributed by atoms with Crippen LogP contribution in [0.2, 0.25) is 0 Å². The fourth-order valence-electron chi connectivity index (χ4n) is 1.91. The van der Waals surface area contributed by atoms with Crippen LogP contribution in [0.5, 0.6) is 5.75 Å². The van der Waals surface area contributed by atoms with E-state index < -0.39 is 37.0 Å². The van der Waals surface area contributed by atoms with Crippen LogP contribution in [0.25, 0.3) is 0 Å². The highest BCUT2D eigenvalue weighted by atomic mass is 16.8. The zero-order chi connectivity index (χ0) is 14.9. The van der Waals surface area contributed by atoms with Crippen LogP contribution in [-0.2, 0) is 4.74 Å². The lowest BCUT2D eigenvalue weighted by molar-refractivity contribution is -0.422. The summed E-state index contributed by atoms with van der Waals surface area (Å²) in [5.41, 5.74) is 5.97. The zero-order valence-corrected chi connectivity index (χ0v) is 10.5. The van der Waals surface area contributed by atoms with E-state index in [0.717, 1.165) is 0 Å². The maximum Gasteiger partial charge on any atom is 0.355 e. The maximum absolute atomic E-state index is 10.1. The highest BCUT2D eigenvalue weighted by Crippen LogP contribution is 2.31. The van der Waals surface area contributed by atoms with Crippen molar-refractivity contribution < 1.29 is 35.0 Å². The van der Waals surface area contributed by atoms with Gasteiger partial charge in [-0.05, 0) is 24.3 Å². The van der Waals surface area contributed by atoms with Gasteiger partial charge in [-0.3, -0.25) is 0 Å². The monoisotopic (exact) mass is 287 g/mol. The van der Waals surface area contributed by atoms with Crippen molar-refractivity contribution in [3.63, 3.8) is 0 Å². The predicted molar refractivity (Wildman–Crippen MR) is 66.4 cm³/mol. The van der Waals surface area contributed by atoms with E-state index in [1.54, 1.807) is 0 Å². The Morgan fingerprint density at radius 2 is 1.75 bits per heavy atom. The maximum atomic E-state index is 10.1. The van der Waals surface area contributed by atoms with Crippen molar-refractivity contribution in [2.45, 2.75) is 30.4 Å². The molecule has 2 rings (SSSR count). The summed E-state index contributed by atoms with van der Waals surface area (Å²) in [4.78, 5) is 0. The van der Waals surface area contributed by atoms with Crippen LogP contribution in [-0.4, -0.2) is 62.5 Å². The molecule has 1 aliphatic heterocycles. The van der Waals surface area contributed by atoms with E-state index in [-0.39, 0.29) is 5.75 Å². The van der Waals surface area contributed by atoms with E-state index in [1.165, 1.54) is 24.3 Å². The highest BCUT2D eigenvalue weighted by Gasteiger charge is 2.55. The summed E-state index contributed by atoms with van der Waals surface area (Å²) in [5, 5.41) is 48.2. The summed E-state index contributed by atoms with van der Waals surface area (Å²) in [7, 11) is 0. The van der Waals surface area contributed by atoms with Gasteiger partial charge in [-0.2, -0.15) is 0 Å². The minimum Gasteiger partial charge on any atom is -0.437 e. The quantitative estimate of drug-likeness (QED) is 0.270. The van der Waals surface area contributed by atoms with Gasteiger partial charge in [0, 0.05) is 5.69 Å². The lowest BCUT2D eigenvalue weighted by Crippen LogP contribution is -2.67. The molecule has 1 fully saturated rings. The second-order valence-corrected chi connectivity index (χ2v) is 4.57. The average Bonchev–Trinajstić information content (AvgIpc) is 2.43. The molecule has 0 amide bonds. The Morgan fingerprint density at radius 3 is 2.30 bits per heavy atom. The smallest absolute Gasteiger partial charge is 0.355 e. The first kappa shape index (κ1) is 15.0. The number of rotatable bonds is 3. The van der Waals surface area contributed by atoms with Gasteiger partial charge in [0.1, 0.15) is 24.1 Å². The number of ether oxygens (including phenoxy) is 2. The Kier molecular flexibility index (Phi) is 4.14. The molecule has 0 aromatic heterocycles. The molecule has 1 saturated heterocycles. The number of benzene rings is 1. The van der Waals surface area contributed by atoms with Crippen molar-refractivity contribution in [2.75, 3.05) is 12.3 Å². The molecule has 20 heavy (non-hydrogen) atoms. The second kappa shape index (κ2) is 5.52. The third-order valence-electron chi connectivity index (χ3n) is 3.07. The summed E-state index contributed by atoms with van der Waals surface area (Å²) in [6, 6.07) is 5.86. The van der Waals surface area contributed by atoms with E-state index in [0.29, 0.717) is 5.69 Å². The van der Waals surface area contributed by atoms with Gasteiger partial charge < -0.3 is 40.7 Å². The number of anilines is 1. The van der Waals surface area contributed by atoms with Crippen molar-refractivity contribution in [3.05, 3.63) is 24.3 Å². The van der Waals surface area contributed by atoms with Gasteiger partial charge in [0.2, 0.25) is 0 Å². The molecule has 0 bridgehead atoms. The normalized spacial score (nSPS) is 37.6. The molecule has 1 aromatic carbocycles. The van der Waals surface area contributed by atoms with E-state index in [4.69, 9.17) is 20.3 Å². The Morgan fingerprint density at radius 1 is 1.15 bits per heavy atom. The molecule has 0 saturated carbocycles. The Balaban J connectivity index is 2.20. The number of hydrogen-bond acceptors (Lipinski definition) is 8. The van der Waals surface area contributed by atoms with Crippen molar-refractivity contribution in [1.82, 2.24) is 0 Å². The fourth-order valence-corrected chi connectivity index (χ4v) is 1.91. The van der Waals surface area contributed by atoms with Gasteiger partial charge in [-0.15, -0.1) is 0 Å². The van der Waals surface area contributed by atoms with Gasteiger partial charge in [0.05, 0.1) is 6.61 Å². The fraction of sp³-hybridized carbons (Fsp3) is 0.500. The number of nitrogen functional groups attached to an aromatic ring is 1. The minimum atomic E-state index is -2.60. The summed E-state index contributed by atoms with van der Waals surface area (Å²) in [6.07, 6.45) is -6.50. The lowest BCUT2D eigenvalue weighted by atomic mass is 9.98. The molecule has 0 aliphatic carbocycles. The van der Waals surface area contributed by atoms with Crippen molar-refractivity contribution in [3.8, 4) is 5.75 Å². The number of nitrogens with two attached hydrogens (primary N) is 1. The third-order valence-corrected chi connectivity index (χ3v) is 3.07. The molecule has 0 unspecified atom stereocenters. The molecular weight excluding hydrogens is 270 g/mol. The SMILES string of the molecule is Nc1ccc(O[C@@]2(O)O[C@H](CO)[C@H](O)[C@H](O)[C@H]2O)cc1. The molecule has 1 aliphatic rings. The molecule has 0 spiro atoms. The van der Waals surface area contributed by atoms with Crippen LogP contribution in [0.4, 0.5) is 5.69 Å². The van der Waals surface area contributed by atoms with Gasteiger partial charge in [0.15, 0.2) is 6.10 Å². The van der Waals surface area contributed by atoms with Crippen molar-refractivity contribution in [2.24, 2.45) is 0 Å². The minimum absolute atomic E-state index is 0.126. The summed E-state index contributed by atoms with van der Waals surface area (Å²) < 4.78 is 10.1. The summed E-state index contributed by atoms with van der Waals surface area (Å²) in [5.74, 6) is -2.47. The first-order chi connectivity index (χ1) is 9.37. The number of aliphatic hydroxyl groups is 5. The van der Waals surface area contributed by atoms with E-state index in [9.17, 15) is 20.4 Å². The van der Waals surface area contributed by atoms with E-state index in [2.05, 4.69) is 0 Å². The molecule has 7 N–H and O–H groups in total. The Labute approximate surface area is 114 Å². The molecule has 1 heterocycles. The van der Waals surface area contributed by atoms with Crippen LogP contribution in [0.1, 0.15) is 0 Å². The van der Waals surface area contributed by atoms with Crippen LogP contribution < -0.4 is 10.5 Å². The molecule has 5 atom stereocenters. The van der Waals surface area contributed by atoms with Crippen molar-refractivity contribution >= 4 is 5.69 Å². The summed E-state index contributed by atoms with van der Waals surface area (Å²) >= 11 is 0. The van der Waals surface area contributed by atoms with Gasteiger partial charge in [-0.1, -0.05) is 0 Å². The average molecular weight is 287 g/mol. The first-order valence-electron chi connectivity index (χ1n) is 5.97. The zero-order valence-electron chi connectivity index (χ0n) is 10.5. The predicted octanol–water partition coefficient (Wildman–Crippen LogP) is -2.23. The lowest BCUT2D eigenvalue weighted by Gasteiger charge is -2.44. The van der Waals surface area contributed by atoms with Gasteiger partial charge in [0.25, 0.3) is 0 Å². The second-order valence-electron chi connectivity index (χ2n) is 4.57. The first-order valence-corrected chi connectivity index (χ1v) is 5.97. The van der Waals surface area contributed by atoms with Crippen LogP contribution in [0.15, 0.2) is 24.3 Å². The standard InChI is InChI=1S/C12H17NO7/c13-6-1-3-7(4-2-6)19-12(18)11(17)10(16)9(15)8(5-14)20-12/h1-4,8-11,14-18H,5,13H2/t8-,9+,10+,11-,12-/m1/s1. The topological polar surface area (TPSA) is 146 Å². The van der Waals surface area contributed by atoms with Gasteiger partial charge >= 0.3 is 5.97 Å². The Bertz CT molecular complexity index is 452. The largest absolute Gasteiger partial charge is 0.437 e. The van der Waals surface area contributed by atoms with E-state index in [1.807, 2.05) is 0 Å². The summed E-state index contributed by atoms with van der Waals surface area (Å²) in [6.45, 7) is -0.668. The van der Waals surface area contributed by atoms with Gasteiger partial charge in [-0.25, -0.2) is 0 Å². The third kappa shape index (κ3) is 2.70. The van der Waals surface area contributed by atoms with Crippen LogP contribution >= 0.6 is 0 Å². The highest BCUT2D eigenvalue weighted by molar-refractivity contribution is 5.41. The number of hydrogen-bond donors (Lipinski definition) is 6. The molecule has 1 aromatic rings. The molecule has 8 heteroatoms. The van der Waals surface area contributed by atoms with Crippen LogP contribution in [0, 0.1) is 0 Å². The number of aliphatic hydroxyl groups excluding tert-OH is 4. The van der Waals surface area contributed by atoms with Crippen molar-refractivity contribution in [1.29, 1.82) is 0 Å². The molecule has 112 valence electrons. The molecule has 0 radical (unpaired) electrons. The Hall–Kier alpha value is -1.42. The van der Waals surface area contributed by atoms with E-state index >= 15 is 0 Å².